The highest BCUT2D eigenvalue weighted by Crippen LogP contribution is 2.36. The molecule has 2 aromatic carbocycles. The monoisotopic (exact) mass is 462 g/mol. The third-order valence-corrected chi connectivity index (χ3v) is 5.89. The van der Waals surface area contributed by atoms with E-state index in [1.807, 2.05) is 13.0 Å². The first-order valence-electron chi connectivity index (χ1n) is 10.2. The van der Waals surface area contributed by atoms with Crippen LogP contribution in [-0.4, -0.2) is 45.4 Å². The highest BCUT2D eigenvalue weighted by molar-refractivity contribution is 9.10. The van der Waals surface area contributed by atoms with Crippen LogP contribution in [-0.2, 0) is 6.54 Å². The number of rotatable bonds is 10. The molecule has 1 saturated heterocycles. The van der Waals surface area contributed by atoms with Crippen LogP contribution < -0.4 is 19.5 Å². The van der Waals surface area contributed by atoms with E-state index in [-0.39, 0.29) is 0 Å². The third-order valence-electron chi connectivity index (χ3n) is 5.30. The highest BCUT2D eigenvalue weighted by Gasteiger charge is 2.23. The maximum Gasteiger partial charge on any atom is 0.174 e. The number of likely N-dealkylation sites (tertiary alicyclic amines) is 1. The van der Waals surface area contributed by atoms with Gasteiger partial charge in [0.15, 0.2) is 11.5 Å². The lowest BCUT2D eigenvalue weighted by atomic mass is 10.0. The number of benzene rings is 2. The van der Waals surface area contributed by atoms with E-state index in [1.165, 1.54) is 18.4 Å². The molecule has 1 unspecified atom stereocenters. The zero-order valence-electron chi connectivity index (χ0n) is 17.5. The quantitative estimate of drug-likeness (QED) is 0.549. The maximum absolute atomic E-state index is 5.75. The van der Waals surface area contributed by atoms with Crippen molar-refractivity contribution in [3.05, 3.63) is 52.0 Å². The largest absolute Gasteiger partial charge is 0.497 e. The van der Waals surface area contributed by atoms with Crippen molar-refractivity contribution in [1.82, 2.24) is 10.2 Å². The van der Waals surface area contributed by atoms with Gasteiger partial charge in [-0.15, -0.1) is 0 Å². The van der Waals surface area contributed by atoms with Gasteiger partial charge in [0, 0.05) is 19.1 Å². The Labute approximate surface area is 182 Å². The van der Waals surface area contributed by atoms with Gasteiger partial charge in [-0.1, -0.05) is 12.1 Å². The average Bonchev–Trinajstić information content (AvgIpc) is 3.26. The number of nitrogens with zero attached hydrogens (tertiary/aromatic N) is 1. The molecule has 29 heavy (non-hydrogen) atoms. The van der Waals surface area contributed by atoms with E-state index in [1.54, 1.807) is 14.2 Å². The average molecular weight is 463 g/mol. The SMILES string of the molecule is CCOc1cc(CNCC(c2cccc(OC)c2)N2CCCC2)cc(Br)c1OC. The molecule has 1 aliphatic rings. The van der Waals surface area contributed by atoms with Crippen molar-refractivity contribution in [2.45, 2.75) is 32.4 Å². The van der Waals surface area contributed by atoms with E-state index in [4.69, 9.17) is 14.2 Å². The number of hydrogen-bond donors (Lipinski definition) is 1. The summed E-state index contributed by atoms with van der Waals surface area (Å²) in [5.41, 5.74) is 2.46. The molecular weight excluding hydrogens is 432 g/mol. The van der Waals surface area contributed by atoms with Crippen molar-refractivity contribution in [2.75, 3.05) is 40.5 Å². The number of methoxy groups -OCH3 is 2. The van der Waals surface area contributed by atoms with E-state index < -0.39 is 0 Å². The van der Waals surface area contributed by atoms with Crippen molar-refractivity contribution < 1.29 is 14.2 Å². The number of hydrogen-bond acceptors (Lipinski definition) is 5. The normalized spacial score (nSPS) is 15.3. The lowest BCUT2D eigenvalue weighted by Crippen LogP contribution is -2.34. The summed E-state index contributed by atoms with van der Waals surface area (Å²) in [5.74, 6) is 2.42. The van der Waals surface area contributed by atoms with Crippen molar-refractivity contribution in [3.63, 3.8) is 0 Å². The van der Waals surface area contributed by atoms with Gasteiger partial charge in [-0.2, -0.15) is 0 Å². The van der Waals surface area contributed by atoms with Crippen LogP contribution in [0.2, 0.25) is 0 Å². The summed E-state index contributed by atoms with van der Waals surface area (Å²) in [4.78, 5) is 2.57. The minimum atomic E-state index is 0.334. The zero-order chi connectivity index (χ0) is 20.6. The minimum absolute atomic E-state index is 0.334. The summed E-state index contributed by atoms with van der Waals surface area (Å²) in [6, 6.07) is 12.9. The van der Waals surface area contributed by atoms with Gasteiger partial charge in [-0.25, -0.2) is 0 Å². The lowest BCUT2D eigenvalue weighted by Gasteiger charge is -2.28. The Balaban J connectivity index is 1.71. The fourth-order valence-electron chi connectivity index (χ4n) is 3.90. The van der Waals surface area contributed by atoms with Gasteiger partial charge in [-0.3, -0.25) is 4.90 Å². The van der Waals surface area contributed by atoms with Crippen LogP contribution >= 0.6 is 15.9 Å². The highest BCUT2D eigenvalue weighted by atomic mass is 79.9. The number of ether oxygens (including phenoxy) is 3. The van der Waals surface area contributed by atoms with Gasteiger partial charge in [0.25, 0.3) is 0 Å². The number of halogens is 1. The van der Waals surface area contributed by atoms with Gasteiger partial charge in [0.1, 0.15) is 5.75 Å². The minimum Gasteiger partial charge on any atom is -0.497 e. The zero-order valence-corrected chi connectivity index (χ0v) is 19.1. The van der Waals surface area contributed by atoms with E-state index >= 15 is 0 Å². The molecule has 2 aromatic rings. The fraction of sp³-hybridized carbons (Fsp3) is 0.478. The molecule has 0 aliphatic carbocycles. The summed E-state index contributed by atoms with van der Waals surface area (Å²) < 4.78 is 17.6. The molecule has 5 nitrogen and oxygen atoms in total. The smallest absolute Gasteiger partial charge is 0.174 e. The van der Waals surface area contributed by atoms with Crippen molar-refractivity contribution in [3.8, 4) is 17.2 Å². The van der Waals surface area contributed by atoms with Gasteiger partial charge < -0.3 is 19.5 Å². The van der Waals surface area contributed by atoms with Crippen LogP contribution in [0.1, 0.15) is 36.9 Å². The molecule has 6 heteroatoms. The molecule has 1 heterocycles. The van der Waals surface area contributed by atoms with Gasteiger partial charge in [-0.05, 0) is 84.2 Å². The maximum atomic E-state index is 5.75. The molecule has 0 radical (unpaired) electrons. The lowest BCUT2D eigenvalue weighted by molar-refractivity contribution is 0.237. The van der Waals surface area contributed by atoms with Crippen molar-refractivity contribution in [1.29, 1.82) is 0 Å². The summed E-state index contributed by atoms with van der Waals surface area (Å²) in [5, 5.41) is 3.65. The van der Waals surface area contributed by atoms with Crippen LogP contribution in [0.3, 0.4) is 0 Å². The first kappa shape index (κ1) is 21.9. The Morgan fingerprint density at radius 3 is 2.59 bits per heavy atom. The van der Waals surface area contributed by atoms with Crippen LogP contribution in [0.5, 0.6) is 17.2 Å². The predicted octanol–water partition coefficient (Wildman–Crippen LogP) is 4.79. The molecule has 1 aliphatic heterocycles. The second kappa shape index (κ2) is 10.9. The Morgan fingerprint density at radius 1 is 1.10 bits per heavy atom. The van der Waals surface area contributed by atoms with E-state index in [0.29, 0.717) is 12.6 Å². The Hall–Kier alpha value is -1.76. The molecule has 0 bridgehead atoms. The summed E-state index contributed by atoms with van der Waals surface area (Å²) >= 11 is 3.60. The first-order valence-corrected chi connectivity index (χ1v) is 11.0. The van der Waals surface area contributed by atoms with E-state index in [2.05, 4.69) is 56.5 Å². The standard InChI is InChI=1S/C23H31BrN2O3/c1-4-29-22-13-17(12-20(24)23(22)28-3)15-25-16-21(26-10-5-6-11-26)18-8-7-9-19(14-18)27-2/h7-9,12-14,21,25H,4-6,10-11,15-16H2,1-3H3. The van der Waals surface area contributed by atoms with E-state index in [9.17, 15) is 0 Å². The molecule has 1 atom stereocenters. The molecule has 1 fully saturated rings. The van der Waals surface area contributed by atoms with Crippen LogP contribution in [0.25, 0.3) is 0 Å². The van der Waals surface area contributed by atoms with Crippen molar-refractivity contribution in [2.24, 2.45) is 0 Å². The molecule has 3 rings (SSSR count). The van der Waals surface area contributed by atoms with E-state index in [0.717, 1.165) is 53.5 Å². The molecular formula is C23H31BrN2O3. The molecule has 0 amide bonds. The van der Waals surface area contributed by atoms with Crippen LogP contribution in [0, 0.1) is 0 Å². The summed E-state index contributed by atoms with van der Waals surface area (Å²) in [7, 11) is 3.38. The molecule has 1 N–H and O–H groups in total. The Morgan fingerprint density at radius 2 is 1.90 bits per heavy atom. The Kier molecular flexibility index (Phi) is 8.21. The summed E-state index contributed by atoms with van der Waals surface area (Å²) in [6.45, 7) is 6.51. The van der Waals surface area contributed by atoms with Gasteiger partial charge in [0.2, 0.25) is 0 Å². The van der Waals surface area contributed by atoms with Gasteiger partial charge in [0.05, 0.1) is 25.3 Å². The number of nitrogens with one attached hydrogen (secondary N) is 1. The molecule has 158 valence electrons. The second-order valence-corrected chi connectivity index (χ2v) is 8.06. The molecule has 0 spiro atoms. The second-order valence-electron chi connectivity index (χ2n) is 7.21. The first-order chi connectivity index (χ1) is 14.2. The molecule has 0 saturated carbocycles. The summed E-state index contributed by atoms with van der Waals surface area (Å²) in [6.07, 6.45) is 2.53. The third kappa shape index (κ3) is 5.65. The predicted molar refractivity (Wildman–Crippen MR) is 120 cm³/mol. The van der Waals surface area contributed by atoms with Crippen LogP contribution in [0.4, 0.5) is 0 Å². The van der Waals surface area contributed by atoms with Crippen molar-refractivity contribution >= 4 is 15.9 Å². The fourth-order valence-corrected chi connectivity index (χ4v) is 4.55. The Bertz CT molecular complexity index is 794. The topological polar surface area (TPSA) is 43.0 Å². The molecule has 0 aromatic heterocycles. The van der Waals surface area contributed by atoms with Gasteiger partial charge >= 0.3 is 0 Å². The van der Waals surface area contributed by atoms with Crippen LogP contribution in [0.15, 0.2) is 40.9 Å².